The maximum atomic E-state index is 12.5. The number of alkyl halides is 3. The number of methoxy groups -OCH3 is 1. The number of rotatable bonds is 3. The van der Waals surface area contributed by atoms with Crippen molar-refractivity contribution in [3.05, 3.63) is 23.5 Å². The van der Waals surface area contributed by atoms with Gasteiger partial charge in [-0.1, -0.05) is 6.08 Å². The van der Waals surface area contributed by atoms with E-state index >= 15 is 0 Å². The monoisotopic (exact) mass is 223 g/mol. The first-order chi connectivity index (χ1) is 6.95. The highest BCUT2D eigenvalue weighted by molar-refractivity contribution is 5.30. The molecule has 6 heteroatoms. The third-order valence-electron chi connectivity index (χ3n) is 1.91. The van der Waals surface area contributed by atoms with E-state index < -0.39 is 17.8 Å². The van der Waals surface area contributed by atoms with Crippen molar-refractivity contribution in [3.8, 4) is 0 Å². The van der Waals surface area contributed by atoms with Crippen LogP contribution in [0.25, 0.3) is 0 Å². The van der Waals surface area contributed by atoms with E-state index in [0.29, 0.717) is 0 Å². The molecule has 1 aliphatic carbocycles. The topological polar surface area (TPSA) is 44.5 Å². The van der Waals surface area contributed by atoms with Gasteiger partial charge < -0.3 is 15.2 Å². The van der Waals surface area contributed by atoms with Gasteiger partial charge in [0, 0.05) is 13.2 Å². The fraction of sp³-hybridized carbons (Fsp3) is 0.556. The third kappa shape index (κ3) is 3.24. The third-order valence-corrected chi connectivity index (χ3v) is 1.91. The van der Waals surface area contributed by atoms with Gasteiger partial charge in [-0.2, -0.15) is 13.2 Å². The van der Waals surface area contributed by atoms with E-state index in [1.807, 2.05) is 0 Å². The molecule has 0 aromatic carbocycles. The van der Waals surface area contributed by atoms with Crippen molar-refractivity contribution >= 4 is 0 Å². The molecule has 0 amide bonds. The first-order valence-electron chi connectivity index (χ1n) is 4.31. The van der Waals surface area contributed by atoms with E-state index in [2.05, 4.69) is 4.74 Å². The Morgan fingerprint density at radius 2 is 2.20 bits per heavy atom. The molecule has 1 atom stereocenters. The van der Waals surface area contributed by atoms with E-state index in [0.717, 1.165) is 0 Å². The van der Waals surface area contributed by atoms with Crippen molar-refractivity contribution in [2.45, 2.75) is 18.6 Å². The summed E-state index contributed by atoms with van der Waals surface area (Å²) in [5, 5.41) is 0. The Morgan fingerprint density at radius 3 is 2.73 bits per heavy atom. The Morgan fingerprint density at radius 1 is 1.53 bits per heavy atom. The fourth-order valence-electron chi connectivity index (χ4n) is 1.23. The minimum absolute atomic E-state index is 0.214. The molecule has 0 bridgehead atoms. The summed E-state index contributed by atoms with van der Waals surface area (Å²) in [7, 11) is 1.34. The molecular formula is C9H12F3NO2. The summed E-state index contributed by atoms with van der Waals surface area (Å²) in [5.41, 5.74) is 4.66. The van der Waals surface area contributed by atoms with E-state index in [1.54, 1.807) is 0 Å². The minimum Gasteiger partial charge on any atom is -0.467 e. The fourth-order valence-corrected chi connectivity index (χ4v) is 1.23. The van der Waals surface area contributed by atoms with Crippen LogP contribution in [0.2, 0.25) is 0 Å². The van der Waals surface area contributed by atoms with Crippen molar-refractivity contribution in [2.75, 3.05) is 13.9 Å². The Balaban J connectivity index is 2.87. The summed E-state index contributed by atoms with van der Waals surface area (Å²) in [5.74, 6) is -0.217. The van der Waals surface area contributed by atoms with Gasteiger partial charge in [0.2, 0.25) is 0 Å². The average molecular weight is 223 g/mol. The molecule has 0 spiro atoms. The Bertz CT molecular complexity index is 284. The lowest BCUT2D eigenvalue weighted by Crippen LogP contribution is -2.27. The van der Waals surface area contributed by atoms with Crippen molar-refractivity contribution in [3.63, 3.8) is 0 Å². The van der Waals surface area contributed by atoms with Crippen LogP contribution in [0.15, 0.2) is 23.5 Å². The van der Waals surface area contributed by atoms with Crippen LogP contribution in [0.4, 0.5) is 13.2 Å². The summed E-state index contributed by atoms with van der Waals surface area (Å²) >= 11 is 0. The number of halogens is 3. The summed E-state index contributed by atoms with van der Waals surface area (Å²) in [6, 6.07) is -0.614. The largest absolute Gasteiger partial charge is 0.467 e. The van der Waals surface area contributed by atoms with Crippen LogP contribution >= 0.6 is 0 Å². The Hall–Kier alpha value is -1.01. The number of hydrogen-bond donors (Lipinski definition) is 1. The van der Waals surface area contributed by atoms with Gasteiger partial charge in [-0.3, -0.25) is 0 Å². The molecule has 0 saturated carbocycles. The lowest BCUT2D eigenvalue weighted by molar-refractivity contribution is -0.100. The number of hydrogen-bond acceptors (Lipinski definition) is 3. The highest BCUT2D eigenvalue weighted by Gasteiger charge is 2.38. The van der Waals surface area contributed by atoms with E-state index in [1.165, 1.54) is 19.3 Å². The normalized spacial score (nSPS) is 22.1. The molecule has 0 saturated heterocycles. The van der Waals surface area contributed by atoms with Crippen LogP contribution in [-0.2, 0) is 9.47 Å². The molecule has 0 aromatic heterocycles. The highest BCUT2D eigenvalue weighted by Crippen LogP contribution is 2.34. The summed E-state index contributed by atoms with van der Waals surface area (Å²) < 4.78 is 46.9. The van der Waals surface area contributed by atoms with Crippen LogP contribution in [0, 0.1) is 0 Å². The standard InChI is InChI=1S/C9H12F3NO2/c1-14-5-15-8-3-2-6(13)4-7(8)9(10,11)12/h2-3,6H,4-5,13H2,1H3/t6-/m1/s1. The summed E-state index contributed by atoms with van der Waals surface area (Å²) in [4.78, 5) is 0. The lowest BCUT2D eigenvalue weighted by Gasteiger charge is -2.21. The Kier molecular flexibility index (Phi) is 3.76. The molecule has 0 unspecified atom stereocenters. The van der Waals surface area contributed by atoms with E-state index in [-0.39, 0.29) is 19.0 Å². The maximum absolute atomic E-state index is 12.5. The number of allylic oxidation sites excluding steroid dienone is 1. The average Bonchev–Trinajstić information content (AvgIpc) is 2.14. The van der Waals surface area contributed by atoms with Gasteiger partial charge in [-0.05, 0) is 12.5 Å². The van der Waals surface area contributed by atoms with Crippen LogP contribution < -0.4 is 5.73 Å². The zero-order valence-electron chi connectivity index (χ0n) is 8.17. The molecule has 1 aliphatic rings. The summed E-state index contributed by atoms with van der Waals surface area (Å²) in [6.45, 7) is -0.214. The second-order valence-corrected chi connectivity index (χ2v) is 3.12. The van der Waals surface area contributed by atoms with Crippen molar-refractivity contribution < 1.29 is 22.6 Å². The van der Waals surface area contributed by atoms with Gasteiger partial charge >= 0.3 is 6.18 Å². The molecule has 0 radical (unpaired) electrons. The molecule has 0 aromatic rings. The SMILES string of the molecule is COCOC1=C(C(F)(F)F)C[C@H](N)C=C1. The van der Waals surface area contributed by atoms with Crippen molar-refractivity contribution in [2.24, 2.45) is 5.73 Å². The molecule has 2 N–H and O–H groups in total. The number of ether oxygens (including phenoxy) is 2. The summed E-state index contributed by atoms with van der Waals surface area (Å²) in [6.07, 6.45) is -1.97. The molecule has 15 heavy (non-hydrogen) atoms. The van der Waals surface area contributed by atoms with Crippen molar-refractivity contribution in [1.29, 1.82) is 0 Å². The predicted molar refractivity (Wildman–Crippen MR) is 47.8 cm³/mol. The van der Waals surface area contributed by atoms with Crippen LogP contribution in [-0.4, -0.2) is 26.1 Å². The van der Waals surface area contributed by atoms with Gasteiger partial charge in [0.15, 0.2) is 6.79 Å². The van der Waals surface area contributed by atoms with Gasteiger partial charge in [0.05, 0.1) is 5.57 Å². The Labute approximate surface area is 85.3 Å². The smallest absolute Gasteiger partial charge is 0.416 e. The molecule has 0 heterocycles. The zero-order valence-corrected chi connectivity index (χ0v) is 8.17. The van der Waals surface area contributed by atoms with Crippen LogP contribution in [0.3, 0.4) is 0 Å². The molecule has 86 valence electrons. The van der Waals surface area contributed by atoms with Crippen LogP contribution in [0.5, 0.6) is 0 Å². The highest BCUT2D eigenvalue weighted by atomic mass is 19.4. The quantitative estimate of drug-likeness (QED) is 0.741. The van der Waals surface area contributed by atoms with Gasteiger partial charge in [0.1, 0.15) is 5.76 Å². The zero-order chi connectivity index (χ0) is 11.5. The van der Waals surface area contributed by atoms with E-state index in [9.17, 15) is 13.2 Å². The molecular weight excluding hydrogens is 211 g/mol. The molecule has 0 aliphatic heterocycles. The first kappa shape index (κ1) is 12.1. The van der Waals surface area contributed by atoms with Gasteiger partial charge in [0.25, 0.3) is 0 Å². The lowest BCUT2D eigenvalue weighted by atomic mass is 9.99. The molecule has 3 nitrogen and oxygen atoms in total. The number of nitrogens with two attached hydrogens (primary N) is 1. The first-order valence-corrected chi connectivity index (χ1v) is 4.31. The van der Waals surface area contributed by atoms with Crippen molar-refractivity contribution in [1.82, 2.24) is 0 Å². The van der Waals surface area contributed by atoms with E-state index in [4.69, 9.17) is 10.5 Å². The second-order valence-electron chi connectivity index (χ2n) is 3.12. The van der Waals surface area contributed by atoms with Gasteiger partial charge in [-0.25, -0.2) is 0 Å². The maximum Gasteiger partial charge on any atom is 0.416 e. The molecule has 1 rings (SSSR count). The second kappa shape index (κ2) is 4.67. The molecule has 0 fully saturated rings. The van der Waals surface area contributed by atoms with Crippen LogP contribution in [0.1, 0.15) is 6.42 Å². The predicted octanol–water partition coefficient (Wildman–Crippen LogP) is 1.71. The van der Waals surface area contributed by atoms with Gasteiger partial charge in [-0.15, -0.1) is 0 Å². The minimum atomic E-state index is -4.41.